The molecule has 3 heterocycles. The molecule has 6 heteroatoms. The average molecular weight is 336 g/mol. The lowest BCUT2D eigenvalue weighted by Crippen LogP contribution is -2.50. The number of likely N-dealkylation sites (N-methyl/N-ethyl adjacent to an activating group) is 1. The first-order chi connectivity index (χ1) is 11.7. The zero-order valence-corrected chi connectivity index (χ0v) is 15.0. The molecule has 3 fully saturated rings. The zero-order chi connectivity index (χ0) is 16.9. The van der Waals surface area contributed by atoms with Crippen molar-refractivity contribution in [2.75, 3.05) is 52.9 Å². The van der Waals surface area contributed by atoms with Crippen LogP contribution < -0.4 is 5.32 Å². The number of hydrogen-bond donors (Lipinski definition) is 1. The number of amides is 2. The summed E-state index contributed by atoms with van der Waals surface area (Å²) in [5.74, 6) is 0.696. The van der Waals surface area contributed by atoms with Crippen molar-refractivity contribution in [1.82, 2.24) is 20.0 Å². The lowest BCUT2D eigenvalue weighted by atomic mass is 9.95. The number of carbonyl (C=O) groups is 2. The number of nitrogens with one attached hydrogen (secondary N) is 1. The molecule has 0 saturated carbocycles. The molecule has 3 aliphatic rings. The second kappa shape index (κ2) is 8.30. The summed E-state index contributed by atoms with van der Waals surface area (Å²) in [6, 6.07) is 0.510. The van der Waals surface area contributed by atoms with Crippen molar-refractivity contribution in [2.45, 2.75) is 44.6 Å². The fourth-order valence-electron chi connectivity index (χ4n) is 4.30. The molecule has 1 atom stereocenters. The van der Waals surface area contributed by atoms with Gasteiger partial charge in [0.15, 0.2) is 0 Å². The summed E-state index contributed by atoms with van der Waals surface area (Å²) < 4.78 is 0. The van der Waals surface area contributed by atoms with Gasteiger partial charge in [0.2, 0.25) is 11.8 Å². The zero-order valence-electron chi connectivity index (χ0n) is 15.0. The van der Waals surface area contributed by atoms with Crippen LogP contribution in [0.3, 0.4) is 0 Å². The molecule has 0 bridgehead atoms. The van der Waals surface area contributed by atoms with E-state index in [-0.39, 0.29) is 11.8 Å². The maximum Gasteiger partial charge on any atom is 0.236 e. The van der Waals surface area contributed by atoms with Gasteiger partial charge in [-0.1, -0.05) is 0 Å². The monoisotopic (exact) mass is 336 g/mol. The topological polar surface area (TPSA) is 55.9 Å². The molecule has 0 radical (unpaired) electrons. The molecule has 1 N–H and O–H groups in total. The van der Waals surface area contributed by atoms with Crippen LogP contribution >= 0.6 is 0 Å². The lowest BCUT2D eigenvalue weighted by molar-refractivity contribution is -0.140. The maximum atomic E-state index is 12.6. The summed E-state index contributed by atoms with van der Waals surface area (Å²) in [4.78, 5) is 31.3. The average Bonchev–Trinajstić information content (AvgIpc) is 3.16. The fourth-order valence-corrected chi connectivity index (χ4v) is 4.30. The third-order valence-electron chi connectivity index (χ3n) is 5.89. The molecule has 0 aromatic rings. The van der Waals surface area contributed by atoms with Gasteiger partial charge in [-0.2, -0.15) is 0 Å². The molecule has 0 aromatic carbocycles. The van der Waals surface area contributed by atoms with Gasteiger partial charge in [0.25, 0.3) is 0 Å². The predicted octanol–water partition coefficient (Wildman–Crippen LogP) is 0.531. The Morgan fingerprint density at radius 2 is 1.62 bits per heavy atom. The standard InChI is InChI=1S/C18H32N4O2/c1-19-16-5-4-8-20(13-16)14-17(23)21-11-6-15(7-12-21)18(24)22-9-2-3-10-22/h15-16,19H,2-14H2,1H3. The summed E-state index contributed by atoms with van der Waals surface area (Å²) in [5.41, 5.74) is 0. The Kier molecular flexibility index (Phi) is 6.11. The number of piperidine rings is 2. The third kappa shape index (κ3) is 4.28. The Morgan fingerprint density at radius 3 is 2.29 bits per heavy atom. The Morgan fingerprint density at radius 1 is 0.917 bits per heavy atom. The van der Waals surface area contributed by atoms with Gasteiger partial charge < -0.3 is 15.1 Å². The summed E-state index contributed by atoms with van der Waals surface area (Å²) in [5, 5.41) is 3.32. The second-order valence-corrected chi connectivity index (χ2v) is 7.55. The summed E-state index contributed by atoms with van der Waals surface area (Å²) in [6.07, 6.45) is 6.32. The fraction of sp³-hybridized carbons (Fsp3) is 0.889. The van der Waals surface area contributed by atoms with E-state index in [1.54, 1.807) is 0 Å². The van der Waals surface area contributed by atoms with Crippen LogP contribution in [0.4, 0.5) is 0 Å². The smallest absolute Gasteiger partial charge is 0.236 e. The first-order valence-electron chi connectivity index (χ1n) is 9.63. The Hall–Kier alpha value is -1.14. The molecule has 1 unspecified atom stereocenters. The van der Waals surface area contributed by atoms with Crippen molar-refractivity contribution in [3.63, 3.8) is 0 Å². The van der Waals surface area contributed by atoms with Crippen molar-refractivity contribution in [3.05, 3.63) is 0 Å². The molecular weight excluding hydrogens is 304 g/mol. The van der Waals surface area contributed by atoms with E-state index in [1.807, 2.05) is 16.8 Å². The van der Waals surface area contributed by atoms with E-state index in [2.05, 4.69) is 10.2 Å². The predicted molar refractivity (Wildman–Crippen MR) is 93.6 cm³/mol. The minimum atomic E-state index is 0.135. The van der Waals surface area contributed by atoms with Crippen molar-refractivity contribution < 1.29 is 9.59 Å². The van der Waals surface area contributed by atoms with Crippen LogP contribution in [0, 0.1) is 5.92 Å². The highest BCUT2D eigenvalue weighted by atomic mass is 16.2. The molecule has 136 valence electrons. The van der Waals surface area contributed by atoms with Gasteiger partial charge >= 0.3 is 0 Å². The van der Waals surface area contributed by atoms with Crippen LogP contribution in [-0.2, 0) is 9.59 Å². The second-order valence-electron chi connectivity index (χ2n) is 7.55. The highest BCUT2D eigenvalue weighted by Gasteiger charge is 2.31. The quantitative estimate of drug-likeness (QED) is 0.814. The van der Waals surface area contributed by atoms with Crippen LogP contribution in [0.15, 0.2) is 0 Å². The number of hydrogen-bond acceptors (Lipinski definition) is 4. The molecule has 3 rings (SSSR count). The van der Waals surface area contributed by atoms with Crippen LogP contribution in [0.25, 0.3) is 0 Å². The minimum Gasteiger partial charge on any atom is -0.342 e. The van der Waals surface area contributed by atoms with E-state index in [0.29, 0.717) is 18.5 Å². The highest BCUT2D eigenvalue weighted by Crippen LogP contribution is 2.22. The van der Waals surface area contributed by atoms with E-state index in [9.17, 15) is 9.59 Å². The number of carbonyl (C=O) groups excluding carboxylic acids is 2. The third-order valence-corrected chi connectivity index (χ3v) is 5.89. The molecule has 6 nitrogen and oxygen atoms in total. The molecular formula is C18H32N4O2. The largest absolute Gasteiger partial charge is 0.342 e. The lowest BCUT2D eigenvalue weighted by Gasteiger charge is -2.36. The Labute approximate surface area is 145 Å². The van der Waals surface area contributed by atoms with E-state index >= 15 is 0 Å². The molecule has 0 aromatic heterocycles. The van der Waals surface area contributed by atoms with Gasteiger partial charge in [0.1, 0.15) is 0 Å². The number of likely N-dealkylation sites (tertiary alicyclic amines) is 3. The summed E-state index contributed by atoms with van der Waals surface area (Å²) in [6.45, 7) is 5.86. The van der Waals surface area contributed by atoms with Crippen LogP contribution in [-0.4, -0.2) is 85.4 Å². The Bertz CT molecular complexity index is 442. The summed E-state index contributed by atoms with van der Waals surface area (Å²) in [7, 11) is 2.00. The van der Waals surface area contributed by atoms with Crippen LogP contribution in [0.1, 0.15) is 38.5 Å². The van der Waals surface area contributed by atoms with Crippen LogP contribution in [0.5, 0.6) is 0 Å². The van der Waals surface area contributed by atoms with Crippen molar-refractivity contribution in [2.24, 2.45) is 5.92 Å². The van der Waals surface area contributed by atoms with Crippen molar-refractivity contribution >= 4 is 11.8 Å². The van der Waals surface area contributed by atoms with E-state index in [1.165, 1.54) is 6.42 Å². The molecule has 24 heavy (non-hydrogen) atoms. The van der Waals surface area contributed by atoms with Crippen molar-refractivity contribution in [1.29, 1.82) is 0 Å². The van der Waals surface area contributed by atoms with Gasteiger partial charge in [-0.25, -0.2) is 0 Å². The van der Waals surface area contributed by atoms with Crippen LogP contribution in [0.2, 0.25) is 0 Å². The minimum absolute atomic E-state index is 0.135. The van der Waals surface area contributed by atoms with Gasteiger partial charge in [-0.15, -0.1) is 0 Å². The first-order valence-corrected chi connectivity index (χ1v) is 9.63. The van der Waals surface area contributed by atoms with Crippen molar-refractivity contribution in [3.8, 4) is 0 Å². The number of nitrogens with zero attached hydrogens (tertiary/aromatic N) is 3. The highest BCUT2D eigenvalue weighted by molar-refractivity contribution is 5.81. The van der Waals surface area contributed by atoms with Gasteiger partial charge in [-0.3, -0.25) is 14.5 Å². The van der Waals surface area contributed by atoms with Gasteiger partial charge in [-0.05, 0) is 52.1 Å². The van der Waals surface area contributed by atoms with E-state index in [4.69, 9.17) is 0 Å². The first kappa shape index (κ1) is 17.7. The number of rotatable bonds is 4. The normalized spacial score (nSPS) is 26.8. The van der Waals surface area contributed by atoms with Gasteiger partial charge in [0.05, 0.1) is 6.54 Å². The molecule has 3 aliphatic heterocycles. The van der Waals surface area contributed by atoms with Gasteiger partial charge in [0, 0.05) is 44.7 Å². The SMILES string of the molecule is CNC1CCCN(CC(=O)N2CCC(C(=O)N3CCCC3)CC2)C1. The van der Waals surface area contributed by atoms with E-state index < -0.39 is 0 Å². The summed E-state index contributed by atoms with van der Waals surface area (Å²) >= 11 is 0. The molecule has 3 saturated heterocycles. The Balaban J connectivity index is 1.42. The maximum absolute atomic E-state index is 12.6. The molecule has 0 aliphatic carbocycles. The van der Waals surface area contributed by atoms with E-state index in [0.717, 1.165) is 71.4 Å². The molecule has 2 amide bonds. The molecule has 0 spiro atoms.